The van der Waals surface area contributed by atoms with Gasteiger partial charge in [0.15, 0.2) is 5.78 Å². The number of Topliss-reactive ketones (excluding diaryl/α,β-unsaturated/α-hetero) is 1. The van der Waals surface area contributed by atoms with E-state index in [0.717, 1.165) is 20.9 Å². The molecule has 0 saturated heterocycles. The number of hydrogen-bond acceptors (Lipinski definition) is 8. The molecular formula is C35H43N5O4S2. The van der Waals surface area contributed by atoms with E-state index in [9.17, 15) is 14.4 Å². The molecule has 0 saturated carbocycles. The van der Waals surface area contributed by atoms with Crippen molar-refractivity contribution in [1.29, 1.82) is 0 Å². The normalized spacial score (nSPS) is 13.0. The Morgan fingerprint density at radius 3 is 2.02 bits per heavy atom. The lowest BCUT2D eigenvalue weighted by Crippen LogP contribution is -2.49. The number of aromatic nitrogens is 2. The first-order chi connectivity index (χ1) is 22.3. The minimum absolute atomic E-state index is 0.00649. The van der Waals surface area contributed by atoms with Crippen molar-refractivity contribution in [3.63, 3.8) is 0 Å². The summed E-state index contributed by atoms with van der Waals surface area (Å²) in [7, 11) is 1.72. The maximum absolute atomic E-state index is 13.8. The topological polar surface area (TPSA) is 114 Å². The molecule has 2 aromatic carbocycles. The highest BCUT2D eigenvalue weighted by atomic mass is 32.1. The first-order valence-electron chi connectivity index (χ1n) is 15.6. The van der Waals surface area contributed by atoms with Gasteiger partial charge in [-0.15, -0.1) is 22.7 Å². The Morgan fingerprint density at radius 1 is 0.826 bits per heavy atom. The van der Waals surface area contributed by atoms with Crippen LogP contribution in [0.1, 0.15) is 54.0 Å². The molecule has 3 unspecified atom stereocenters. The minimum atomic E-state index is -0.616. The van der Waals surface area contributed by atoms with E-state index in [0.29, 0.717) is 38.6 Å². The van der Waals surface area contributed by atoms with Crippen molar-refractivity contribution in [3.05, 3.63) is 105 Å². The van der Waals surface area contributed by atoms with Gasteiger partial charge in [-0.2, -0.15) is 0 Å². The van der Waals surface area contributed by atoms with Crippen LogP contribution in [0.3, 0.4) is 0 Å². The molecule has 0 spiro atoms. The molecule has 0 aliphatic carbocycles. The Morgan fingerprint density at radius 2 is 1.43 bits per heavy atom. The van der Waals surface area contributed by atoms with Crippen molar-refractivity contribution in [1.82, 2.24) is 25.5 Å². The highest BCUT2D eigenvalue weighted by molar-refractivity contribution is 7.09. The molecule has 3 atom stereocenters. The van der Waals surface area contributed by atoms with Gasteiger partial charge in [-0.25, -0.2) is 9.59 Å². The summed E-state index contributed by atoms with van der Waals surface area (Å²) in [6.07, 6.45) is 5.98. The van der Waals surface area contributed by atoms with Crippen LogP contribution in [0.25, 0.3) is 0 Å². The molecular weight excluding hydrogens is 619 g/mol. The predicted octanol–water partition coefficient (Wildman–Crippen LogP) is 6.90. The largest absolute Gasteiger partial charge is 0.444 e. The number of carbonyl (C=O) groups is 3. The first kappa shape index (κ1) is 34.8. The Hall–Kier alpha value is -4.09. The van der Waals surface area contributed by atoms with Gasteiger partial charge in [-0.1, -0.05) is 74.5 Å². The Labute approximate surface area is 279 Å². The number of ether oxygens (including phenoxy) is 1. The fourth-order valence-electron chi connectivity index (χ4n) is 5.34. The summed E-state index contributed by atoms with van der Waals surface area (Å²) < 4.78 is 5.49. The van der Waals surface area contributed by atoms with Crippen LogP contribution < -0.4 is 10.6 Å². The molecule has 3 amide bonds. The summed E-state index contributed by atoms with van der Waals surface area (Å²) in [6.45, 7) is 4.50. The second kappa shape index (κ2) is 18.2. The highest BCUT2D eigenvalue weighted by Gasteiger charge is 2.28. The summed E-state index contributed by atoms with van der Waals surface area (Å²) in [4.78, 5) is 51.3. The smallest absolute Gasteiger partial charge is 0.407 e. The van der Waals surface area contributed by atoms with Crippen LogP contribution in [-0.2, 0) is 35.5 Å². The lowest BCUT2D eigenvalue weighted by atomic mass is 9.85. The Kier molecular flexibility index (Phi) is 13.7. The molecule has 4 rings (SSSR count). The molecule has 244 valence electrons. The summed E-state index contributed by atoms with van der Waals surface area (Å²) in [6, 6.07) is 19.1. The number of amides is 3. The van der Waals surface area contributed by atoms with E-state index in [1.54, 1.807) is 35.4 Å². The summed E-state index contributed by atoms with van der Waals surface area (Å²) in [5, 5.41) is 6.06. The van der Waals surface area contributed by atoms with E-state index >= 15 is 0 Å². The number of rotatable bonds is 17. The summed E-state index contributed by atoms with van der Waals surface area (Å²) in [5.41, 5.74) is 5.70. The minimum Gasteiger partial charge on any atom is -0.444 e. The molecule has 0 bridgehead atoms. The average molecular weight is 662 g/mol. The maximum atomic E-state index is 13.8. The third kappa shape index (κ3) is 11.7. The molecule has 0 fully saturated rings. The van der Waals surface area contributed by atoms with Crippen LogP contribution in [0.2, 0.25) is 0 Å². The average Bonchev–Trinajstić information content (AvgIpc) is 3.77. The van der Waals surface area contributed by atoms with Gasteiger partial charge in [0.1, 0.15) is 6.61 Å². The van der Waals surface area contributed by atoms with Crippen molar-refractivity contribution < 1.29 is 19.1 Å². The van der Waals surface area contributed by atoms with Gasteiger partial charge < -0.3 is 20.3 Å². The number of benzene rings is 2. The third-order valence-electron chi connectivity index (χ3n) is 7.77. The van der Waals surface area contributed by atoms with Crippen LogP contribution in [0.4, 0.5) is 9.59 Å². The van der Waals surface area contributed by atoms with E-state index in [1.807, 2.05) is 62.4 Å². The lowest BCUT2D eigenvalue weighted by Gasteiger charge is -2.27. The Bertz CT molecular complexity index is 1470. The van der Waals surface area contributed by atoms with Crippen molar-refractivity contribution in [3.8, 4) is 0 Å². The molecule has 2 N–H and O–H groups in total. The number of ketones is 1. The molecule has 4 aromatic rings. The SMILES string of the molecule is CC(C)C(NC(=O)N(C)Cc1cncs1)C(=O)CC(CCC(Cc1ccccc1)NC(=O)OCc1cncs1)Cc1ccccc1. The number of hydrogen-bond donors (Lipinski definition) is 2. The fraction of sp³-hybridized carbons (Fsp3) is 0.400. The number of nitrogens with one attached hydrogen (secondary N) is 2. The number of nitrogens with zero attached hydrogens (tertiary/aromatic N) is 3. The van der Waals surface area contributed by atoms with Crippen LogP contribution in [0.15, 0.2) is 84.1 Å². The van der Waals surface area contributed by atoms with Crippen molar-refractivity contribution in [2.45, 2.75) is 71.2 Å². The number of alkyl carbamates (subject to hydrolysis) is 1. The number of urea groups is 1. The van der Waals surface area contributed by atoms with Crippen molar-refractivity contribution in [2.24, 2.45) is 11.8 Å². The quantitative estimate of drug-likeness (QED) is 0.127. The zero-order chi connectivity index (χ0) is 32.7. The zero-order valence-corrected chi connectivity index (χ0v) is 28.3. The molecule has 0 aliphatic heterocycles. The van der Waals surface area contributed by atoms with Gasteiger partial charge >= 0.3 is 12.1 Å². The van der Waals surface area contributed by atoms with E-state index in [1.165, 1.54) is 22.7 Å². The zero-order valence-electron chi connectivity index (χ0n) is 26.6. The van der Waals surface area contributed by atoms with Crippen LogP contribution in [0.5, 0.6) is 0 Å². The van der Waals surface area contributed by atoms with E-state index in [2.05, 4.69) is 32.7 Å². The van der Waals surface area contributed by atoms with Gasteiger partial charge in [0.25, 0.3) is 0 Å². The van der Waals surface area contributed by atoms with Gasteiger partial charge in [0.2, 0.25) is 0 Å². The molecule has 2 heterocycles. The van der Waals surface area contributed by atoms with Crippen LogP contribution >= 0.6 is 22.7 Å². The summed E-state index contributed by atoms with van der Waals surface area (Å²) in [5.74, 6) is -0.0605. The molecule has 2 aromatic heterocycles. The van der Waals surface area contributed by atoms with Crippen LogP contribution in [0, 0.1) is 11.8 Å². The molecule has 46 heavy (non-hydrogen) atoms. The van der Waals surface area contributed by atoms with Crippen molar-refractivity contribution >= 4 is 40.6 Å². The van der Waals surface area contributed by atoms with E-state index < -0.39 is 12.1 Å². The number of thiazole rings is 2. The highest BCUT2D eigenvalue weighted by Crippen LogP contribution is 2.23. The van der Waals surface area contributed by atoms with Crippen molar-refractivity contribution in [2.75, 3.05) is 7.05 Å². The van der Waals surface area contributed by atoms with Gasteiger partial charge in [0.05, 0.1) is 28.5 Å². The van der Waals surface area contributed by atoms with Crippen LogP contribution in [-0.4, -0.2) is 51.9 Å². The van der Waals surface area contributed by atoms with Gasteiger partial charge in [-0.05, 0) is 48.6 Å². The fourth-order valence-corrected chi connectivity index (χ4v) is 6.50. The Balaban J connectivity index is 1.43. The lowest BCUT2D eigenvalue weighted by molar-refractivity contribution is -0.122. The van der Waals surface area contributed by atoms with Gasteiger partial charge in [0, 0.05) is 36.8 Å². The maximum Gasteiger partial charge on any atom is 0.407 e. The third-order valence-corrected chi connectivity index (χ3v) is 9.29. The van der Waals surface area contributed by atoms with E-state index in [-0.39, 0.29) is 36.3 Å². The molecule has 9 nitrogen and oxygen atoms in total. The van der Waals surface area contributed by atoms with E-state index in [4.69, 9.17) is 4.74 Å². The summed E-state index contributed by atoms with van der Waals surface area (Å²) >= 11 is 2.93. The second-order valence-corrected chi connectivity index (χ2v) is 13.8. The number of carbonyl (C=O) groups excluding carboxylic acids is 3. The molecule has 11 heteroatoms. The monoisotopic (exact) mass is 661 g/mol. The standard InChI is InChI=1S/C35H43N5O4S2/c1-25(2)33(39-34(42)40(3)21-30-19-36-23-45-30)32(41)18-28(16-26-10-6-4-7-11-26)14-15-29(17-27-12-8-5-9-13-27)38-35(43)44-22-31-20-37-24-46-31/h4-13,19-20,23-25,28-29,33H,14-18,21-22H2,1-3H3,(H,38,43)(H,39,42). The predicted molar refractivity (Wildman–Crippen MR) is 183 cm³/mol. The molecule has 0 aliphatic rings. The first-order valence-corrected chi connectivity index (χ1v) is 17.3. The second-order valence-electron chi connectivity index (χ2n) is 11.9. The van der Waals surface area contributed by atoms with Gasteiger partial charge in [-0.3, -0.25) is 14.8 Å². The molecule has 0 radical (unpaired) electrons.